The van der Waals surface area contributed by atoms with E-state index < -0.39 is 23.6 Å². The molecule has 1 heterocycles. The van der Waals surface area contributed by atoms with Crippen LogP contribution in [0.2, 0.25) is 0 Å². The normalized spacial score (nSPS) is 15.4. The maximum atomic E-state index is 11.8. The van der Waals surface area contributed by atoms with E-state index >= 15 is 0 Å². The fourth-order valence-corrected chi connectivity index (χ4v) is 9.03. The van der Waals surface area contributed by atoms with Gasteiger partial charge in [0.05, 0.1) is 5.52 Å². The summed E-state index contributed by atoms with van der Waals surface area (Å²) in [6, 6.07) is 21.9. The van der Waals surface area contributed by atoms with Gasteiger partial charge in [0.2, 0.25) is 5.76 Å². The van der Waals surface area contributed by atoms with E-state index in [1.165, 1.54) is 76.9 Å². The van der Waals surface area contributed by atoms with Gasteiger partial charge < -0.3 is 5.11 Å². The van der Waals surface area contributed by atoms with Crippen molar-refractivity contribution in [1.82, 2.24) is 4.98 Å². The molecule has 0 amide bonds. The second-order valence-electron chi connectivity index (χ2n) is 17.9. The molecule has 1 fully saturated rings. The first kappa shape index (κ1) is 46.4. The van der Waals surface area contributed by atoms with Crippen molar-refractivity contribution in [3.05, 3.63) is 88.7 Å². The maximum absolute atomic E-state index is 11.8. The maximum Gasteiger partial charge on any atom is 0.448 e. The second kappa shape index (κ2) is 18.9. The van der Waals surface area contributed by atoms with E-state index in [1.54, 1.807) is 13.8 Å². The first-order chi connectivity index (χ1) is 25.2. The molecule has 0 bridgehead atoms. The Bertz CT molecular complexity index is 1930. The molecule has 55 heavy (non-hydrogen) atoms. The molecule has 1 aliphatic rings. The van der Waals surface area contributed by atoms with Gasteiger partial charge in [0.25, 0.3) is 0 Å². The molecule has 1 saturated carbocycles. The molecule has 5 rings (SSSR count). The number of halogens is 3. The Morgan fingerprint density at radius 3 is 2.05 bits per heavy atom. The smallest absolute Gasteiger partial charge is 0.448 e. The topological polar surface area (TPSA) is 50.2 Å². The standard InChI is InChI=1S/C39H50N.C9H13F3O2.Ir/c1-25(2)23-39(24-26(3)4)16-14-29(15-17-39)33-22-35(40-36-19-27(5)18-28(6)37(33)36)31-20-30-12-10-11-13-32(30)34(21-31)38(7,8)9;1-3-6(4-2)7(13)5-8(14)9(10,11)12;/h10-13,18-19,21-22,25-26,29H,14-17,23-24H2,1-9H3;5-6,14H,3-4H2,1-2H3;/q-1;;/b;8-5-;. The predicted octanol–water partition coefficient (Wildman–Crippen LogP) is 14.5. The van der Waals surface area contributed by atoms with Gasteiger partial charge in [-0.15, -0.1) is 29.1 Å². The van der Waals surface area contributed by atoms with Crippen molar-refractivity contribution in [1.29, 1.82) is 0 Å². The summed E-state index contributed by atoms with van der Waals surface area (Å²) in [7, 11) is 0. The Labute approximate surface area is 342 Å². The minimum absolute atomic E-state index is 0. The van der Waals surface area contributed by atoms with Crippen molar-refractivity contribution in [2.45, 2.75) is 145 Å². The first-order valence-electron chi connectivity index (χ1n) is 20.1. The molecule has 4 aromatic rings. The molecule has 7 heteroatoms. The summed E-state index contributed by atoms with van der Waals surface area (Å²) < 4.78 is 35.4. The Morgan fingerprint density at radius 2 is 1.53 bits per heavy atom. The van der Waals surface area contributed by atoms with Crippen LogP contribution in [0.5, 0.6) is 0 Å². The number of aliphatic hydroxyl groups is 1. The van der Waals surface area contributed by atoms with Crippen molar-refractivity contribution in [3.63, 3.8) is 0 Å². The van der Waals surface area contributed by atoms with Gasteiger partial charge in [0, 0.05) is 43.2 Å². The monoisotopic (exact) mass is 935 g/mol. The van der Waals surface area contributed by atoms with Gasteiger partial charge in [-0.1, -0.05) is 104 Å². The van der Waals surface area contributed by atoms with Crippen molar-refractivity contribution >= 4 is 27.5 Å². The molecule has 0 atom stereocenters. The summed E-state index contributed by atoms with van der Waals surface area (Å²) in [5, 5.41) is 12.4. The summed E-state index contributed by atoms with van der Waals surface area (Å²) in [6.07, 6.45) is 4.33. The van der Waals surface area contributed by atoms with Crippen molar-refractivity contribution < 1.29 is 43.2 Å². The Morgan fingerprint density at radius 1 is 0.945 bits per heavy atom. The molecule has 3 nitrogen and oxygen atoms in total. The van der Waals surface area contributed by atoms with Crippen LogP contribution in [-0.2, 0) is 30.3 Å². The van der Waals surface area contributed by atoms with Crippen LogP contribution in [0.4, 0.5) is 13.2 Å². The number of aromatic nitrogens is 1. The van der Waals surface area contributed by atoms with Crippen LogP contribution in [0.15, 0.2) is 60.4 Å². The van der Waals surface area contributed by atoms with Crippen LogP contribution >= 0.6 is 0 Å². The molecule has 0 unspecified atom stereocenters. The minimum atomic E-state index is -4.83. The Hall–Kier alpha value is -3.02. The summed E-state index contributed by atoms with van der Waals surface area (Å²) in [5.41, 5.74) is 9.41. The van der Waals surface area contributed by atoms with Crippen LogP contribution in [0.1, 0.15) is 142 Å². The van der Waals surface area contributed by atoms with E-state index in [4.69, 9.17) is 10.1 Å². The SMILES string of the molecule is CCC(CC)C(=O)/C=C(\O)C(F)(F)F.Cc1cc(C)c2c(C3CCC(CC(C)C)(CC(C)C)CC3)cc(-c3[c-]c4ccccc4c(C(C)(C)C)c3)nc2c1.[Ir]. The van der Waals surface area contributed by atoms with Crippen molar-refractivity contribution in [2.24, 2.45) is 23.2 Å². The number of rotatable bonds is 10. The number of carbonyl (C=O) groups excluding carboxylic acids is 1. The zero-order valence-corrected chi connectivity index (χ0v) is 37.3. The number of pyridine rings is 1. The van der Waals surface area contributed by atoms with Crippen molar-refractivity contribution in [3.8, 4) is 11.3 Å². The number of fused-ring (bicyclic) bond motifs is 2. The molecule has 1 aliphatic carbocycles. The number of nitrogens with zero attached hydrogens (tertiary/aromatic N) is 1. The van der Waals surface area contributed by atoms with Gasteiger partial charge in [-0.2, -0.15) is 13.2 Å². The summed E-state index contributed by atoms with van der Waals surface area (Å²) in [4.78, 5) is 16.5. The molecular formula is C48H63F3IrNO2-. The first-order valence-corrected chi connectivity index (χ1v) is 20.1. The minimum Gasteiger partial charge on any atom is -0.504 e. The van der Waals surface area contributed by atoms with E-state index in [2.05, 4.69) is 117 Å². The number of hydrogen-bond donors (Lipinski definition) is 1. The average Bonchev–Trinajstić information content (AvgIpc) is 3.06. The number of aryl methyl sites for hydroxylation is 2. The third kappa shape index (κ3) is 11.8. The predicted molar refractivity (Wildman–Crippen MR) is 220 cm³/mol. The number of ketones is 1. The third-order valence-electron chi connectivity index (χ3n) is 11.3. The van der Waals surface area contributed by atoms with Crippen LogP contribution in [0, 0.1) is 43.1 Å². The molecular weight excluding hydrogens is 872 g/mol. The zero-order valence-electron chi connectivity index (χ0n) is 34.9. The van der Waals surface area contributed by atoms with Gasteiger partial charge in [-0.25, -0.2) is 0 Å². The summed E-state index contributed by atoms with van der Waals surface area (Å²) in [6.45, 7) is 24.5. The summed E-state index contributed by atoms with van der Waals surface area (Å²) >= 11 is 0. The van der Waals surface area contributed by atoms with Gasteiger partial charge in [0.1, 0.15) is 0 Å². The number of alkyl halides is 3. The molecule has 3 aromatic carbocycles. The molecule has 303 valence electrons. The van der Waals surface area contributed by atoms with E-state index in [1.807, 2.05) is 0 Å². The average molecular weight is 935 g/mol. The van der Waals surface area contributed by atoms with Crippen LogP contribution < -0.4 is 0 Å². The van der Waals surface area contributed by atoms with E-state index in [-0.39, 0.29) is 31.6 Å². The van der Waals surface area contributed by atoms with Gasteiger partial charge in [-0.05, 0) is 117 Å². The van der Waals surface area contributed by atoms with Crippen LogP contribution in [-0.4, -0.2) is 22.1 Å². The fourth-order valence-electron chi connectivity index (χ4n) is 9.03. The molecule has 0 saturated heterocycles. The number of hydrogen-bond acceptors (Lipinski definition) is 3. The molecule has 0 spiro atoms. The number of benzene rings is 3. The Kier molecular flexibility index (Phi) is 16.0. The van der Waals surface area contributed by atoms with Crippen molar-refractivity contribution in [2.75, 3.05) is 0 Å². The zero-order chi connectivity index (χ0) is 40.2. The molecule has 1 N–H and O–H groups in total. The largest absolute Gasteiger partial charge is 0.504 e. The van der Waals surface area contributed by atoms with E-state index in [0.717, 1.165) is 28.6 Å². The Balaban J connectivity index is 0.000000463. The second-order valence-corrected chi connectivity index (χ2v) is 17.9. The third-order valence-corrected chi connectivity index (χ3v) is 11.3. The number of aliphatic hydroxyl groups excluding tert-OH is 1. The van der Waals surface area contributed by atoms with Crippen LogP contribution in [0.25, 0.3) is 32.9 Å². The van der Waals surface area contributed by atoms with E-state index in [0.29, 0.717) is 24.2 Å². The summed E-state index contributed by atoms with van der Waals surface area (Å²) in [5.74, 6) is -0.844. The fraction of sp³-hybridized carbons (Fsp3) is 0.542. The number of allylic oxidation sites excluding steroid dienone is 2. The van der Waals surface area contributed by atoms with Gasteiger partial charge in [0.15, 0.2) is 5.78 Å². The van der Waals surface area contributed by atoms with Gasteiger partial charge >= 0.3 is 6.18 Å². The van der Waals surface area contributed by atoms with Crippen LogP contribution in [0.3, 0.4) is 0 Å². The number of carbonyl (C=O) groups is 1. The van der Waals surface area contributed by atoms with E-state index in [9.17, 15) is 18.0 Å². The molecule has 1 aromatic heterocycles. The van der Waals surface area contributed by atoms with Gasteiger partial charge in [-0.3, -0.25) is 9.78 Å². The molecule has 0 aliphatic heterocycles. The molecule has 1 radical (unpaired) electrons. The quantitative estimate of drug-likeness (QED) is 0.0979.